The zero-order chi connectivity index (χ0) is 12.8. The lowest BCUT2D eigenvalue weighted by Crippen LogP contribution is -2.27. The van der Waals surface area contributed by atoms with Crippen molar-refractivity contribution in [2.75, 3.05) is 24.8 Å². The van der Waals surface area contributed by atoms with Crippen LogP contribution in [-0.4, -0.2) is 29.7 Å². The third-order valence-electron chi connectivity index (χ3n) is 3.08. The van der Waals surface area contributed by atoms with Crippen molar-refractivity contribution in [2.45, 2.75) is 6.54 Å². The molecule has 2 aromatic carbocycles. The van der Waals surface area contributed by atoms with Gasteiger partial charge in [-0.1, -0.05) is 42.5 Å². The summed E-state index contributed by atoms with van der Waals surface area (Å²) in [4.78, 5) is 2.29. The van der Waals surface area contributed by atoms with E-state index in [4.69, 9.17) is 23.2 Å². The second kappa shape index (κ2) is 6.98. The summed E-state index contributed by atoms with van der Waals surface area (Å²) in [6.45, 7) is 2.65. The van der Waals surface area contributed by atoms with E-state index in [0.29, 0.717) is 11.8 Å². The molecule has 3 heteroatoms. The molecule has 0 saturated carbocycles. The van der Waals surface area contributed by atoms with Gasteiger partial charge in [0.1, 0.15) is 0 Å². The summed E-state index contributed by atoms with van der Waals surface area (Å²) in [6, 6.07) is 14.9. The maximum absolute atomic E-state index is 5.83. The van der Waals surface area contributed by atoms with Gasteiger partial charge in [-0.25, -0.2) is 0 Å². The van der Waals surface area contributed by atoms with E-state index in [9.17, 15) is 0 Å². The minimum atomic E-state index is 0.641. The van der Waals surface area contributed by atoms with Gasteiger partial charge >= 0.3 is 0 Å². The van der Waals surface area contributed by atoms with Crippen molar-refractivity contribution in [2.24, 2.45) is 0 Å². The fourth-order valence-corrected chi connectivity index (χ4v) is 2.66. The number of benzene rings is 2. The average Bonchev–Trinajstić information content (AvgIpc) is 2.40. The first-order valence-electron chi connectivity index (χ1n) is 6.16. The quantitative estimate of drug-likeness (QED) is 0.720. The summed E-state index contributed by atoms with van der Waals surface area (Å²) >= 11 is 11.7. The van der Waals surface area contributed by atoms with Crippen molar-refractivity contribution in [3.8, 4) is 0 Å². The van der Waals surface area contributed by atoms with Gasteiger partial charge in [-0.2, -0.15) is 0 Å². The molecule has 0 saturated heterocycles. The van der Waals surface area contributed by atoms with Gasteiger partial charge in [0.05, 0.1) is 0 Å². The molecule has 0 spiro atoms. The Morgan fingerprint density at radius 1 is 0.833 bits per heavy atom. The van der Waals surface area contributed by atoms with Crippen molar-refractivity contribution >= 4 is 34.0 Å². The molecule has 0 amide bonds. The lowest BCUT2D eigenvalue weighted by Gasteiger charge is -2.21. The van der Waals surface area contributed by atoms with Gasteiger partial charge < -0.3 is 0 Å². The molecule has 0 aliphatic carbocycles. The van der Waals surface area contributed by atoms with Gasteiger partial charge in [-0.3, -0.25) is 4.90 Å². The standard InChI is InChI=1S/C15H17Cl2N/c16-8-10-18(11-9-17)12-14-6-3-5-13-4-1-2-7-15(13)14/h1-7H,8-12H2. The SMILES string of the molecule is ClCCN(CCCl)Cc1cccc2ccccc12. The van der Waals surface area contributed by atoms with Crippen molar-refractivity contribution in [1.29, 1.82) is 0 Å². The van der Waals surface area contributed by atoms with Crippen LogP contribution in [0.3, 0.4) is 0 Å². The zero-order valence-corrected chi connectivity index (χ0v) is 11.8. The van der Waals surface area contributed by atoms with E-state index in [2.05, 4.69) is 47.4 Å². The predicted molar refractivity (Wildman–Crippen MR) is 80.7 cm³/mol. The van der Waals surface area contributed by atoms with Crippen molar-refractivity contribution in [1.82, 2.24) is 4.90 Å². The molecule has 1 nitrogen and oxygen atoms in total. The molecule has 96 valence electrons. The van der Waals surface area contributed by atoms with Crippen LogP contribution in [0.5, 0.6) is 0 Å². The fraction of sp³-hybridized carbons (Fsp3) is 0.333. The van der Waals surface area contributed by atoms with Gasteiger partial charge in [0.25, 0.3) is 0 Å². The smallest absolute Gasteiger partial charge is 0.0351 e. The summed E-state index contributed by atoms with van der Waals surface area (Å²) in [7, 11) is 0. The number of hydrogen-bond acceptors (Lipinski definition) is 1. The van der Waals surface area contributed by atoms with E-state index in [1.165, 1.54) is 16.3 Å². The molecule has 0 aliphatic heterocycles. The average molecular weight is 282 g/mol. The van der Waals surface area contributed by atoms with E-state index in [1.54, 1.807) is 0 Å². The fourth-order valence-electron chi connectivity index (χ4n) is 2.18. The first kappa shape index (κ1) is 13.7. The first-order chi connectivity index (χ1) is 8.85. The van der Waals surface area contributed by atoms with Crippen molar-refractivity contribution in [3.05, 3.63) is 48.0 Å². The van der Waals surface area contributed by atoms with Crippen LogP contribution in [0.25, 0.3) is 10.8 Å². The van der Waals surface area contributed by atoms with Crippen LogP contribution < -0.4 is 0 Å². The Labute approximate surface area is 118 Å². The maximum atomic E-state index is 5.83. The van der Waals surface area contributed by atoms with Crippen LogP contribution in [0.1, 0.15) is 5.56 Å². The number of alkyl halides is 2. The summed E-state index contributed by atoms with van der Waals surface area (Å²) in [5.74, 6) is 1.28. The van der Waals surface area contributed by atoms with Gasteiger partial charge in [-0.05, 0) is 16.3 Å². The molecule has 0 bridgehead atoms. The van der Waals surface area contributed by atoms with Gasteiger partial charge in [-0.15, -0.1) is 23.2 Å². The molecule has 0 aromatic heterocycles. The Bertz CT molecular complexity index is 487. The monoisotopic (exact) mass is 281 g/mol. The number of halogens is 2. The van der Waals surface area contributed by atoms with Crippen LogP contribution >= 0.6 is 23.2 Å². The molecule has 0 radical (unpaired) electrons. The minimum Gasteiger partial charge on any atom is -0.297 e. The Morgan fingerprint density at radius 3 is 2.22 bits per heavy atom. The predicted octanol–water partition coefficient (Wildman–Crippen LogP) is 4.12. The molecular weight excluding hydrogens is 265 g/mol. The summed E-state index contributed by atoms with van der Waals surface area (Å²) in [6.07, 6.45) is 0. The third-order valence-corrected chi connectivity index (χ3v) is 3.41. The number of fused-ring (bicyclic) bond motifs is 1. The molecule has 0 heterocycles. The molecule has 0 aliphatic rings. The number of hydrogen-bond donors (Lipinski definition) is 0. The van der Waals surface area contributed by atoms with E-state index < -0.39 is 0 Å². The van der Waals surface area contributed by atoms with Crippen LogP contribution in [0, 0.1) is 0 Å². The normalized spacial score (nSPS) is 11.3. The van der Waals surface area contributed by atoms with Crippen LogP contribution in [0.15, 0.2) is 42.5 Å². The molecular formula is C15H17Cl2N. The Morgan fingerprint density at radius 2 is 1.50 bits per heavy atom. The second-order valence-electron chi connectivity index (χ2n) is 4.29. The van der Waals surface area contributed by atoms with E-state index >= 15 is 0 Å². The van der Waals surface area contributed by atoms with E-state index in [1.807, 2.05) is 0 Å². The van der Waals surface area contributed by atoms with Gasteiger partial charge in [0.15, 0.2) is 0 Å². The Kier molecular flexibility index (Phi) is 5.30. The molecule has 0 unspecified atom stereocenters. The molecule has 0 atom stereocenters. The highest BCUT2D eigenvalue weighted by Crippen LogP contribution is 2.19. The molecule has 18 heavy (non-hydrogen) atoms. The minimum absolute atomic E-state index is 0.641. The topological polar surface area (TPSA) is 3.24 Å². The van der Waals surface area contributed by atoms with Crippen LogP contribution in [0.2, 0.25) is 0 Å². The number of nitrogens with zero attached hydrogens (tertiary/aromatic N) is 1. The van der Waals surface area contributed by atoms with E-state index in [-0.39, 0.29) is 0 Å². The molecule has 0 fully saturated rings. The highest BCUT2D eigenvalue weighted by atomic mass is 35.5. The van der Waals surface area contributed by atoms with Gasteiger partial charge in [0.2, 0.25) is 0 Å². The maximum Gasteiger partial charge on any atom is 0.0351 e. The van der Waals surface area contributed by atoms with Crippen molar-refractivity contribution < 1.29 is 0 Å². The first-order valence-corrected chi connectivity index (χ1v) is 7.23. The van der Waals surface area contributed by atoms with Crippen molar-refractivity contribution in [3.63, 3.8) is 0 Å². The summed E-state index contributed by atoms with van der Waals surface area (Å²) in [5.41, 5.74) is 1.34. The highest BCUT2D eigenvalue weighted by Gasteiger charge is 2.07. The second-order valence-corrected chi connectivity index (χ2v) is 5.05. The largest absolute Gasteiger partial charge is 0.297 e. The van der Waals surface area contributed by atoms with E-state index in [0.717, 1.165) is 19.6 Å². The number of rotatable bonds is 6. The lowest BCUT2D eigenvalue weighted by atomic mass is 10.0. The Hall–Kier alpha value is -0.760. The van der Waals surface area contributed by atoms with Crippen LogP contribution in [0.4, 0.5) is 0 Å². The zero-order valence-electron chi connectivity index (χ0n) is 10.3. The summed E-state index contributed by atoms with van der Waals surface area (Å²) < 4.78 is 0. The highest BCUT2D eigenvalue weighted by molar-refractivity contribution is 6.18. The van der Waals surface area contributed by atoms with Gasteiger partial charge in [0, 0.05) is 31.4 Å². The molecule has 0 N–H and O–H groups in total. The summed E-state index contributed by atoms with van der Waals surface area (Å²) in [5, 5.41) is 2.60. The third kappa shape index (κ3) is 3.38. The van der Waals surface area contributed by atoms with Crippen LogP contribution in [-0.2, 0) is 6.54 Å². The molecule has 2 aromatic rings. The molecule has 2 rings (SSSR count). The lowest BCUT2D eigenvalue weighted by molar-refractivity contribution is 0.300. The Balaban J connectivity index is 2.24.